The SMILES string of the molecule is CCCCCCCCCCCCOc1cc(Cn2c(=O)[nH]c3c(-c4cccc5[nH]c(=O)[nH]c45)cccc32)cc(OCCCCCCCCCCCC)c1OCCCCCCCCCCCC. The van der Waals surface area contributed by atoms with Gasteiger partial charge in [-0.2, -0.15) is 0 Å². The highest BCUT2D eigenvalue weighted by Gasteiger charge is 2.19. The Hall–Kier alpha value is -4.40. The second-order valence-corrected chi connectivity index (χ2v) is 19.0. The topological polar surface area (TPSA) is 114 Å². The van der Waals surface area contributed by atoms with Crippen molar-refractivity contribution in [1.29, 1.82) is 0 Å². The molecule has 5 rings (SSSR count). The van der Waals surface area contributed by atoms with Crippen LogP contribution in [0.5, 0.6) is 17.2 Å². The van der Waals surface area contributed by atoms with E-state index in [2.05, 4.69) is 47.9 Å². The van der Waals surface area contributed by atoms with Crippen LogP contribution in [0, 0.1) is 0 Å². The molecule has 0 radical (unpaired) electrons. The molecule has 0 bridgehead atoms. The Balaban J connectivity index is 1.32. The van der Waals surface area contributed by atoms with Gasteiger partial charge >= 0.3 is 11.4 Å². The van der Waals surface area contributed by atoms with Gasteiger partial charge < -0.3 is 29.2 Å². The van der Waals surface area contributed by atoms with Gasteiger partial charge in [0, 0.05) is 11.1 Å². The summed E-state index contributed by atoms with van der Waals surface area (Å²) in [6.45, 7) is 8.99. The fraction of sp³-hybridized carbons (Fsp3) is 0.649. The van der Waals surface area contributed by atoms with Crippen molar-refractivity contribution < 1.29 is 14.2 Å². The third kappa shape index (κ3) is 18.0. The number of aromatic nitrogens is 4. The maximum absolute atomic E-state index is 13.9. The molecule has 366 valence electrons. The van der Waals surface area contributed by atoms with Crippen LogP contribution in [0.3, 0.4) is 0 Å². The van der Waals surface area contributed by atoms with E-state index in [1.807, 2.05) is 36.4 Å². The van der Waals surface area contributed by atoms with Crippen LogP contribution in [-0.2, 0) is 6.54 Å². The molecule has 3 N–H and O–H groups in total. The van der Waals surface area contributed by atoms with Crippen molar-refractivity contribution in [2.75, 3.05) is 19.8 Å². The molecule has 2 heterocycles. The number of rotatable bonds is 39. The summed E-state index contributed by atoms with van der Waals surface area (Å²) in [6, 6.07) is 15.8. The smallest absolute Gasteiger partial charge is 0.326 e. The van der Waals surface area contributed by atoms with E-state index in [9.17, 15) is 9.59 Å². The monoisotopic (exact) mass is 909 g/mol. The number of hydrogen-bond acceptors (Lipinski definition) is 5. The lowest BCUT2D eigenvalue weighted by Gasteiger charge is -2.19. The molecule has 0 aliphatic carbocycles. The van der Waals surface area contributed by atoms with Gasteiger partial charge in [0.25, 0.3) is 0 Å². The maximum atomic E-state index is 13.9. The number of nitrogens with zero attached hydrogens (tertiary/aromatic N) is 1. The van der Waals surface area contributed by atoms with Crippen molar-refractivity contribution in [2.45, 2.75) is 220 Å². The zero-order valence-electron chi connectivity index (χ0n) is 41.6. The van der Waals surface area contributed by atoms with Crippen LogP contribution in [0.2, 0.25) is 0 Å². The predicted octanol–water partition coefficient (Wildman–Crippen LogP) is 16.1. The second-order valence-electron chi connectivity index (χ2n) is 19.0. The molecule has 0 fully saturated rings. The molecule has 0 saturated carbocycles. The van der Waals surface area contributed by atoms with E-state index in [1.165, 1.54) is 154 Å². The molecule has 3 aromatic carbocycles. The van der Waals surface area contributed by atoms with Crippen molar-refractivity contribution in [3.8, 4) is 28.4 Å². The van der Waals surface area contributed by atoms with Crippen LogP contribution in [-0.4, -0.2) is 39.3 Å². The van der Waals surface area contributed by atoms with Gasteiger partial charge in [-0.15, -0.1) is 0 Å². The number of benzene rings is 3. The fourth-order valence-electron chi connectivity index (χ4n) is 9.41. The number of unbranched alkanes of at least 4 members (excludes halogenated alkanes) is 27. The Morgan fingerprint density at radius 3 is 1.32 bits per heavy atom. The Morgan fingerprint density at radius 1 is 0.439 bits per heavy atom. The summed E-state index contributed by atoms with van der Waals surface area (Å²) in [6.07, 6.45) is 38.0. The largest absolute Gasteiger partial charge is 0.490 e. The molecule has 0 spiro atoms. The van der Waals surface area contributed by atoms with E-state index in [1.54, 1.807) is 4.57 Å². The number of hydrogen-bond donors (Lipinski definition) is 3. The zero-order valence-corrected chi connectivity index (χ0v) is 41.6. The Kier molecular flexibility index (Phi) is 25.1. The van der Waals surface area contributed by atoms with Crippen LogP contribution < -0.4 is 25.6 Å². The lowest BCUT2D eigenvalue weighted by molar-refractivity contribution is 0.233. The van der Waals surface area contributed by atoms with E-state index in [0.717, 1.165) is 71.8 Å². The number of imidazole rings is 2. The maximum Gasteiger partial charge on any atom is 0.326 e. The van der Waals surface area contributed by atoms with Gasteiger partial charge in [-0.1, -0.05) is 218 Å². The van der Waals surface area contributed by atoms with Gasteiger partial charge in [0.1, 0.15) is 0 Å². The van der Waals surface area contributed by atoms with Gasteiger partial charge in [0.2, 0.25) is 5.75 Å². The zero-order chi connectivity index (χ0) is 46.4. The van der Waals surface area contributed by atoms with E-state index in [4.69, 9.17) is 14.2 Å². The summed E-state index contributed by atoms with van der Waals surface area (Å²) in [5, 5.41) is 0. The molecule has 2 aromatic heterocycles. The van der Waals surface area contributed by atoms with E-state index < -0.39 is 0 Å². The van der Waals surface area contributed by atoms with Crippen molar-refractivity contribution in [3.63, 3.8) is 0 Å². The van der Waals surface area contributed by atoms with Crippen LogP contribution in [0.4, 0.5) is 0 Å². The third-order valence-electron chi connectivity index (χ3n) is 13.3. The summed E-state index contributed by atoms with van der Waals surface area (Å²) in [4.78, 5) is 35.1. The lowest BCUT2D eigenvalue weighted by Crippen LogP contribution is -2.17. The van der Waals surface area contributed by atoms with Crippen molar-refractivity contribution in [2.24, 2.45) is 0 Å². The number of nitrogens with one attached hydrogen (secondary N) is 3. The summed E-state index contributed by atoms with van der Waals surface area (Å²) in [5.41, 5.74) is 5.10. The standard InChI is InChI=1S/C57H88N4O5/c1-4-7-10-13-16-19-22-25-28-31-40-64-51-43-46(45-61-50-39-35-37-48(54(50)60-57(61)63)47-36-34-38-49-53(47)59-56(62)58-49)44-52(65-41-32-29-26-23-20-17-14-11-8-5-2)55(51)66-42-33-30-27-24-21-18-15-12-9-6-3/h34-39,43-44H,4-33,40-42,45H2,1-3H3,(H,60,63)(H2,58,59,62). The highest BCUT2D eigenvalue weighted by molar-refractivity contribution is 6.00. The minimum atomic E-state index is -0.260. The number of fused-ring (bicyclic) bond motifs is 2. The first kappa shape index (κ1) is 52.6. The third-order valence-corrected chi connectivity index (χ3v) is 13.3. The Morgan fingerprint density at radius 2 is 0.848 bits per heavy atom. The molecule has 0 aliphatic heterocycles. The van der Waals surface area contributed by atoms with Crippen molar-refractivity contribution >= 4 is 22.1 Å². The first-order chi connectivity index (χ1) is 32.5. The van der Waals surface area contributed by atoms with Gasteiger partial charge in [-0.05, 0) is 49.1 Å². The molecule has 0 aliphatic rings. The summed E-state index contributed by atoms with van der Waals surface area (Å²) < 4.78 is 21.8. The molecule has 0 saturated heterocycles. The highest BCUT2D eigenvalue weighted by Crippen LogP contribution is 2.40. The normalized spacial score (nSPS) is 11.6. The predicted molar refractivity (Wildman–Crippen MR) is 278 cm³/mol. The minimum absolute atomic E-state index is 0.200. The van der Waals surface area contributed by atoms with Gasteiger partial charge in [0.15, 0.2) is 11.5 Å². The summed E-state index contributed by atoms with van der Waals surface area (Å²) in [5.74, 6) is 2.09. The number of aromatic amines is 3. The molecule has 9 nitrogen and oxygen atoms in total. The van der Waals surface area contributed by atoms with Crippen LogP contribution >= 0.6 is 0 Å². The van der Waals surface area contributed by atoms with Crippen LogP contribution in [0.25, 0.3) is 33.2 Å². The Labute approximate surface area is 397 Å². The van der Waals surface area contributed by atoms with Gasteiger partial charge in [-0.3, -0.25) is 4.57 Å². The number of ether oxygens (including phenoxy) is 3. The van der Waals surface area contributed by atoms with Crippen LogP contribution in [0.15, 0.2) is 58.1 Å². The highest BCUT2D eigenvalue weighted by atomic mass is 16.5. The molecule has 9 heteroatoms. The van der Waals surface area contributed by atoms with Gasteiger partial charge in [0.05, 0.1) is 48.4 Å². The quantitative estimate of drug-likeness (QED) is 0.0340. The lowest BCUT2D eigenvalue weighted by atomic mass is 10.0. The number of H-pyrrole nitrogens is 3. The van der Waals surface area contributed by atoms with Crippen molar-refractivity contribution in [3.05, 3.63) is 75.1 Å². The molecular weight excluding hydrogens is 821 g/mol. The average molecular weight is 909 g/mol. The first-order valence-corrected chi connectivity index (χ1v) is 27.0. The van der Waals surface area contributed by atoms with E-state index >= 15 is 0 Å². The number of para-hydroxylation sites is 2. The molecule has 0 unspecified atom stereocenters. The van der Waals surface area contributed by atoms with Crippen molar-refractivity contribution in [1.82, 2.24) is 19.5 Å². The fourth-order valence-corrected chi connectivity index (χ4v) is 9.41. The van der Waals surface area contributed by atoms with E-state index in [-0.39, 0.29) is 11.4 Å². The average Bonchev–Trinajstić information content (AvgIpc) is 3.87. The van der Waals surface area contributed by atoms with E-state index in [0.29, 0.717) is 49.1 Å². The van der Waals surface area contributed by atoms with Crippen LogP contribution in [0.1, 0.15) is 219 Å². The summed E-state index contributed by atoms with van der Waals surface area (Å²) in [7, 11) is 0. The molecular formula is C57H88N4O5. The second kappa shape index (κ2) is 31.6. The minimum Gasteiger partial charge on any atom is -0.490 e. The first-order valence-electron chi connectivity index (χ1n) is 27.0. The Bertz CT molecular complexity index is 2130. The molecule has 0 amide bonds. The molecule has 5 aromatic rings. The molecule has 66 heavy (non-hydrogen) atoms. The summed E-state index contributed by atoms with van der Waals surface area (Å²) >= 11 is 0. The molecule has 0 atom stereocenters. The van der Waals surface area contributed by atoms with Gasteiger partial charge in [-0.25, -0.2) is 9.59 Å².